The summed E-state index contributed by atoms with van der Waals surface area (Å²) in [6.07, 6.45) is 1.33. The first kappa shape index (κ1) is 16.0. The summed E-state index contributed by atoms with van der Waals surface area (Å²) in [5, 5.41) is 5.33. The van der Waals surface area contributed by atoms with E-state index in [0.717, 1.165) is 23.5 Å². The maximum atomic E-state index is 12.6. The normalized spacial score (nSPS) is 16.6. The van der Waals surface area contributed by atoms with E-state index in [-0.39, 0.29) is 11.7 Å². The summed E-state index contributed by atoms with van der Waals surface area (Å²) in [5.41, 5.74) is 4.46. The molecule has 0 spiro atoms. The Kier molecular flexibility index (Phi) is 4.09. The molecule has 5 heteroatoms. The van der Waals surface area contributed by atoms with Gasteiger partial charge in [0.15, 0.2) is 5.78 Å². The zero-order valence-corrected chi connectivity index (χ0v) is 15.1. The van der Waals surface area contributed by atoms with Crippen LogP contribution < -0.4 is 5.32 Å². The third kappa shape index (κ3) is 3.20. The molecule has 0 fully saturated rings. The van der Waals surface area contributed by atoms with Gasteiger partial charge in [0.25, 0.3) is 0 Å². The fourth-order valence-electron chi connectivity index (χ4n) is 3.41. The summed E-state index contributed by atoms with van der Waals surface area (Å²) in [7, 11) is 0. The fraction of sp³-hybridized carbons (Fsp3) is 0.250. The summed E-state index contributed by atoms with van der Waals surface area (Å²) in [5.74, 6) is 0.932. The second-order valence-electron chi connectivity index (χ2n) is 6.49. The Hall–Kier alpha value is -2.53. The predicted octanol–water partition coefficient (Wildman–Crippen LogP) is 4.81. The van der Waals surface area contributed by atoms with Gasteiger partial charge in [0, 0.05) is 22.9 Å². The average molecular weight is 349 g/mol. The molecule has 4 rings (SSSR count). The number of thiophene rings is 1. The highest BCUT2D eigenvalue weighted by Crippen LogP contribution is 2.35. The van der Waals surface area contributed by atoms with Gasteiger partial charge in [-0.15, -0.1) is 11.3 Å². The van der Waals surface area contributed by atoms with Crippen molar-refractivity contribution >= 4 is 28.8 Å². The average Bonchev–Trinajstić information content (AvgIpc) is 3.08. The Labute approximate surface area is 151 Å². The summed E-state index contributed by atoms with van der Waals surface area (Å²) >= 11 is 1.71. The number of fused-ring (bicyclic) bond motifs is 1. The number of carbonyl (C=O) groups excluding carboxylic acids is 1. The second-order valence-corrected chi connectivity index (χ2v) is 7.47. The van der Waals surface area contributed by atoms with E-state index in [1.165, 1.54) is 10.4 Å². The molecule has 1 aromatic carbocycles. The summed E-state index contributed by atoms with van der Waals surface area (Å²) in [4.78, 5) is 23.1. The highest BCUT2D eigenvalue weighted by molar-refractivity contribution is 7.10. The van der Waals surface area contributed by atoms with Crippen molar-refractivity contribution in [3.63, 3.8) is 0 Å². The number of hydrogen-bond acceptors (Lipinski definition) is 5. The van der Waals surface area contributed by atoms with Crippen LogP contribution in [0.3, 0.4) is 0 Å². The monoisotopic (exact) mass is 349 g/mol. The van der Waals surface area contributed by atoms with Crippen molar-refractivity contribution in [1.29, 1.82) is 0 Å². The molecule has 1 N–H and O–H groups in total. The molecule has 0 unspecified atom stereocenters. The highest BCUT2D eigenvalue weighted by Gasteiger charge is 2.30. The molecule has 1 aliphatic carbocycles. The number of nitrogens with one attached hydrogen (secondary N) is 1. The third-order valence-corrected chi connectivity index (χ3v) is 5.57. The third-order valence-electron chi connectivity index (χ3n) is 4.53. The van der Waals surface area contributed by atoms with Gasteiger partial charge in [-0.2, -0.15) is 0 Å². The molecule has 1 aliphatic rings. The number of ketones is 1. The molecule has 1 atom stereocenters. The van der Waals surface area contributed by atoms with E-state index >= 15 is 0 Å². The van der Waals surface area contributed by atoms with Crippen molar-refractivity contribution in [3.8, 4) is 0 Å². The van der Waals surface area contributed by atoms with Crippen molar-refractivity contribution in [1.82, 2.24) is 9.97 Å². The first-order valence-electron chi connectivity index (χ1n) is 8.38. The van der Waals surface area contributed by atoms with E-state index in [9.17, 15) is 4.79 Å². The minimum atomic E-state index is 0.152. The van der Waals surface area contributed by atoms with Crippen molar-refractivity contribution in [3.05, 3.63) is 69.2 Å². The van der Waals surface area contributed by atoms with Crippen molar-refractivity contribution in [2.45, 2.75) is 32.6 Å². The number of hydrogen-bond donors (Lipinski definition) is 1. The molecule has 0 saturated carbocycles. The van der Waals surface area contributed by atoms with Gasteiger partial charge in [-0.3, -0.25) is 4.79 Å². The van der Waals surface area contributed by atoms with E-state index in [0.29, 0.717) is 17.9 Å². The zero-order valence-electron chi connectivity index (χ0n) is 14.2. The van der Waals surface area contributed by atoms with E-state index in [1.54, 1.807) is 11.3 Å². The maximum Gasteiger partial charge on any atom is 0.227 e. The second kappa shape index (κ2) is 6.41. The largest absolute Gasteiger partial charge is 0.324 e. The zero-order chi connectivity index (χ0) is 17.4. The first-order chi connectivity index (χ1) is 12.1. The molecule has 2 heterocycles. The van der Waals surface area contributed by atoms with E-state index in [1.807, 2.05) is 25.1 Å². The smallest absolute Gasteiger partial charge is 0.227 e. The lowest BCUT2D eigenvalue weighted by Gasteiger charge is -2.23. The van der Waals surface area contributed by atoms with Crippen LogP contribution in [0.15, 0.2) is 41.8 Å². The van der Waals surface area contributed by atoms with Gasteiger partial charge < -0.3 is 5.32 Å². The van der Waals surface area contributed by atoms with Crippen LogP contribution in [-0.2, 0) is 6.42 Å². The molecular weight excluding hydrogens is 330 g/mol. The Morgan fingerprint density at radius 1 is 1.12 bits per heavy atom. The molecule has 0 amide bonds. The molecule has 126 valence electrons. The molecule has 0 saturated heterocycles. The highest BCUT2D eigenvalue weighted by atomic mass is 32.1. The van der Waals surface area contributed by atoms with Gasteiger partial charge in [-0.1, -0.05) is 18.2 Å². The summed E-state index contributed by atoms with van der Waals surface area (Å²) < 4.78 is 0. The Morgan fingerprint density at radius 3 is 2.76 bits per heavy atom. The van der Waals surface area contributed by atoms with E-state index in [2.05, 4.69) is 45.8 Å². The number of nitrogens with zero attached hydrogens (tertiary/aromatic N) is 2. The Bertz CT molecular complexity index is 934. The van der Waals surface area contributed by atoms with Crippen LogP contribution in [0, 0.1) is 13.8 Å². The molecule has 0 radical (unpaired) electrons. The van der Waals surface area contributed by atoms with Crippen LogP contribution in [0.4, 0.5) is 11.6 Å². The van der Waals surface area contributed by atoms with Gasteiger partial charge >= 0.3 is 0 Å². The predicted molar refractivity (Wildman–Crippen MR) is 101 cm³/mol. The van der Waals surface area contributed by atoms with Crippen molar-refractivity contribution in [2.75, 3.05) is 5.32 Å². The van der Waals surface area contributed by atoms with E-state index in [4.69, 9.17) is 0 Å². The summed E-state index contributed by atoms with van der Waals surface area (Å²) in [6.45, 7) is 3.94. The molecule has 25 heavy (non-hydrogen) atoms. The number of anilines is 2. The van der Waals surface area contributed by atoms with Gasteiger partial charge in [0.2, 0.25) is 5.95 Å². The minimum Gasteiger partial charge on any atom is -0.324 e. The van der Waals surface area contributed by atoms with Crippen LogP contribution in [0.5, 0.6) is 0 Å². The lowest BCUT2D eigenvalue weighted by molar-refractivity contribution is 0.0962. The van der Waals surface area contributed by atoms with Crippen molar-refractivity contribution < 1.29 is 4.79 Å². The standard InChI is InChI=1S/C20H19N3OS/c1-12-5-3-6-15(9-12)22-20-21-13(2)19-16(23-20)10-14(11-17(19)24)18-7-4-8-25-18/h3-9,14H,10-11H2,1-2H3,(H,21,22,23)/t14-/m1/s1. The molecule has 4 nitrogen and oxygen atoms in total. The first-order valence-corrected chi connectivity index (χ1v) is 9.26. The summed E-state index contributed by atoms with van der Waals surface area (Å²) in [6, 6.07) is 12.2. The van der Waals surface area contributed by atoms with Gasteiger partial charge in [0.05, 0.1) is 17.0 Å². The number of carbonyl (C=O) groups is 1. The Balaban J connectivity index is 1.68. The van der Waals surface area contributed by atoms with Gasteiger partial charge in [-0.05, 0) is 49.4 Å². The number of rotatable bonds is 3. The van der Waals surface area contributed by atoms with Crippen LogP contribution in [0.1, 0.15) is 44.5 Å². The maximum absolute atomic E-state index is 12.6. The quantitative estimate of drug-likeness (QED) is 0.737. The molecular formula is C20H19N3OS. The molecule has 0 aliphatic heterocycles. The van der Waals surface area contributed by atoms with Crippen LogP contribution >= 0.6 is 11.3 Å². The topological polar surface area (TPSA) is 54.9 Å². The van der Waals surface area contributed by atoms with Crippen LogP contribution in [0.25, 0.3) is 0 Å². The Morgan fingerprint density at radius 2 is 2.00 bits per heavy atom. The number of benzene rings is 1. The number of aryl methyl sites for hydroxylation is 2. The van der Waals surface area contributed by atoms with Gasteiger partial charge in [0.1, 0.15) is 0 Å². The molecule has 0 bridgehead atoms. The molecule has 2 aromatic heterocycles. The number of aromatic nitrogens is 2. The molecule has 3 aromatic rings. The van der Waals surface area contributed by atoms with Crippen LogP contribution in [-0.4, -0.2) is 15.8 Å². The minimum absolute atomic E-state index is 0.152. The number of Topliss-reactive ketones (excluding diaryl/α,β-unsaturated/α-hetero) is 1. The lowest BCUT2D eigenvalue weighted by Crippen LogP contribution is -2.22. The fourth-order valence-corrected chi connectivity index (χ4v) is 4.24. The van der Waals surface area contributed by atoms with Gasteiger partial charge in [-0.25, -0.2) is 9.97 Å². The SMILES string of the molecule is Cc1cccc(Nc2nc(C)c3c(n2)C[C@@H](c2cccs2)CC3=O)c1. The van der Waals surface area contributed by atoms with Crippen molar-refractivity contribution in [2.24, 2.45) is 0 Å². The van der Waals surface area contributed by atoms with Crippen LogP contribution in [0.2, 0.25) is 0 Å². The van der Waals surface area contributed by atoms with E-state index < -0.39 is 0 Å². The lowest BCUT2D eigenvalue weighted by atomic mass is 9.84.